The zero-order chi connectivity index (χ0) is 18.1. The zero-order valence-electron chi connectivity index (χ0n) is 15.1. The first-order valence-corrected chi connectivity index (χ1v) is 10.0. The lowest BCUT2D eigenvalue weighted by Crippen LogP contribution is -2.51. The molecule has 0 aromatic heterocycles. The molecule has 3 fully saturated rings. The van der Waals surface area contributed by atoms with Crippen molar-refractivity contribution >= 4 is 23.4 Å². The van der Waals surface area contributed by atoms with Gasteiger partial charge in [0.05, 0.1) is 18.5 Å². The number of hydrogen-bond acceptors (Lipinski definition) is 4. The van der Waals surface area contributed by atoms with Crippen molar-refractivity contribution in [1.29, 1.82) is 0 Å². The highest BCUT2D eigenvalue weighted by Gasteiger charge is 2.48. The van der Waals surface area contributed by atoms with Crippen molar-refractivity contribution in [2.75, 3.05) is 32.8 Å². The largest absolute Gasteiger partial charge is 0.297 e. The van der Waals surface area contributed by atoms with Gasteiger partial charge in [0.25, 0.3) is 0 Å². The third-order valence-corrected chi connectivity index (χ3v) is 6.31. The molecule has 140 valence electrons. The van der Waals surface area contributed by atoms with E-state index in [0.29, 0.717) is 6.67 Å². The molecule has 1 aromatic carbocycles. The van der Waals surface area contributed by atoms with Crippen LogP contribution in [0.25, 0.3) is 0 Å². The van der Waals surface area contributed by atoms with E-state index in [1.165, 1.54) is 10.5 Å². The van der Waals surface area contributed by atoms with Gasteiger partial charge >= 0.3 is 0 Å². The summed E-state index contributed by atoms with van der Waals surface area (Å²) in [7, 11) is 0. The lowest BCUT2D eigenvalue weighted by molar-refractivity contribution is -0.142. The van der Waals surface area contributed by atoms with Crippen LogP contribution in [0.4, 0.5) is 0 Å². The van der Waals surface area contributed by atoms with Crippen molar-refractivity contribution in [2.45, 2.75) is 32.2 Å². The Hall–Kier alpha value is -1.43. The average molecular weight is 376 g/mol. The molecular formula is C20H26ClN3O2. The Labute approximate surface area is 159 Å². The molecule has 26 heavy (non-hydrogen) atoms. The summed E-state index contributed by atoms with van der Waals surface area (Å²) in [5.74, 6) is 0.0662. The lowest BCUT2D eigenvalue weighted by Gasteiger charge is -2.36. The molecule has 2 amide bonds. The molecule has 3 aliphatic rings. The highest BCUT2D eigenvalue weighted by Crippen LogP contribution is 2.38. The predicted octanol–water partition coefficient (Wildman–Crippen LogP) is 2.59. The van der Waals surface area contributed by atoms with Crippen LogP contribution in [0.3, 0.4) is 0 Å². The Morgan fingerprint density at radius 2 is 1.38 bits per heavy atom. The Morgan fingerprint density at radius 1 is 0.846 bits per heavy atom. The number of rotatable bonds is 4. The van der Waals surface area contributed by atoms with E-state index >= 15 is 0 Å². The number of piperazine rings is 1. The molecule has 1 saturated carbocycles. The minimum atomic E-state index is -0.0394. The molecule has 0 radical (unpaired) electrons. The third-order valence-electron chi connectivity index (χ3n) is 6.06. The number of carbonyl (C=O) groups is 2. The van der Waals surface area contributed by atoms with Gasteiger partial charge in [-0.1, -0.05) is 36.6 Å². The van der Waals surface area contributed by atoms with E-state index in [1.54, 1.807) is 0 Å². The van der Waals surface area contributed by atoms with Crippen molar-refractivity contribution in [3.05, 3.63) is 34.9 Å². The molecule has 2 heterocycles. The fourth-order valence-corrected chi connectivity index (χ4v) is 4.63. The first kappa shape index (κ1) is 18.0. The van der Waals surface area contributed by atoms with Crippen molar-refractivity contribution in [3.8, 4) is 0 Å². The number of carbonyl (C=O) groups excluding carboxylic acids is 2. The molecule has 2 atom stereocenters. The van der Waals surface area contributed by atoms with Crippen LogP contribution in [0.5, 0.6) is 0 Å². The monoisotopic (exact) mass is 375 g/mol. The van der Waals surface area contributed by atoms with E-state index in [4.69, 9.17) is 11.6 Å². The molecular weight excluding hydrogens is 350 g/mol. The van der Waals surface area contributed by atoms with Gasteiger partial charge in [-0.2, -0.15) is 0 Å². The number of fused-ring (bicyclic) bond motifs is 1. The van der Waals surface area contributed by atoms with Crippen LogP contribution >= 0.6 is 11.6 Å². The standard InChI is InChI=1S/C20H26ClN3O2/c21-16-7-5-15(6-8-16)13-22-9-11-23(12-10-22)14-24-19(25)17-3-1-2-4-18(17)20(24)26/h5-8,17-18H,1-4,9-14H2/t17-,18+. The highest BCUT2D eigenvalue weighted by atomic mass is 35.5. The van der Waals surface area contributed by atoms with Crippen molar-refractivity contribution < 1.29 is 9.59 Å². The number of imide groups is 1. The van der Waals surface area contributed by atoms with E-state index in [-0.39, 0.29) is 23.7 Å². The van der Waals surface area contributed by atoms with E-state index in [0.717, 1.165) is 63.4 Å². The summed E-state index contributed by atoms with van der Waals surface area (Å²) >= 11 is 5.94. The van der Waals surface area contributed by atoms with Crippen LogP contribution in [0.1, 0.15) is 31.2 Å². The predicted molar refractivity (Wildman–Crippen MR) is 100 cm³/mol. The van der Waals surface area contributed by atoms with Crippen molar-refractivity contribution in [3.63, 3.8) is 0 Å². The van der Waals surface area contributed by atoms with Gasteiger partial charge in [0, 0.05) is 37.7 Å². The van der Waals surface area contributed by atoms with Crippen molar-refractivity contribution in [1.82, 2.24) is 14.7 Å². The summed E-state index contributed by atoms with van der Waals surface area (Å²) in [6.45, 7) is 5.06. The summed E-state index contributed by atoms with van der Waals surface area (Å²) in [5.41, 5.74) is 1.26. The minimum absolute atomic E-state index is 0.0394. The highest BCUT2D eigenvalue weighted by molar-refractivity contribution is 6.30. The Kier molecular flexibility index (Phi) is 5.30. The second kappa shape index (κ2) is 7.67. The van der Waals surface area contributed by atoms with E-state index in [2.05, 4.69) is 21.9 Å². The van der Waals surface area contributed by atoms with Crippen molar-refractivity contribution in [2.24, 2.45) is 11.8 Å². The van der Waals surface area contributed by atoms with Crippen LogP contribution in [0, 0.1) is 11.8 Å². The van der Waals surface area contributed by atoms with Crippen LogP contribution in [-0.4, -0.2) is 59.4 Å². The second-order valence-corrected chi connectivity index (χ2v) is 8.20. The molecule has 1 aliphatic carbocycles. The topological polar surface area (TPSA) is 43.9 Å². The molecule has 0 unspecified atom stereocenters. The first-order chi connectivity index (χ1) is 12.6. The van der Waals surface area contributed by atoms with Gasteiger partial charge in [-0.3, -0.25) is 24.3 Å². The van der Waals surface area contributed by atoms with Gasteiger partial charge in [0.15, 0.2) is 0 Å². The van der Waals surface area contributed by atoms with Crippen LogP contribution in [0.2, 0.25) is 5.02 Å². The van der Waals surface area contributed by atoms with Gasteiger partial charge < -0.3 is 0 Å². The van der Waals surface area contributed by atoms with Gasteiger partial charge in [-0.05, 0) is 30.5 Å². The quantitative estimate of drug-likeness (QED) is 0.759. The fourth-order valence-electron chi connectivity index (χ4n) is 4.51. The molecule has 5 nitrogen and oxygen atoms in total. The number of nitrogens with zero attached hydrogens (tertiary/aromatic N) is 3. The van der Waals surface area contributed by atoms with Crippen LogP contribution in [0.15, 0.2) is 24.3 Å². The molecule has 2 saturated heterocycles. The van der Waals surface area contributed by atoms with Gasteiger partial charge in [-0.25, -0.2) is 0 Å². The summed E-state index contributed by atoms with van der Waals surface area (Å²) < 4.78 is 0. The maximum atomic E-state index is 12.6. The third kappa shape index (κ3) is 3.66. The summed E-state index contributed by atoms with van der Waals surface area (Å²) in [4.78, 5) is 31.4. The summed E-state index contributed by atoms with van der Waals surface area (Å²) in [6, 6.07) is 7.99. The maximum Gasteiger partial charge on any atom is 0.234 e. The van der Waals surface area contributed by atoms with E-state index in [9.17, 15) is 9.59 Å². The number of halogens is 1. The SMILES string of the molecule is O=C1[C@H]2CCCC[C@H]2C(=O)N1CN1CCN(Cc2ccc(Cl)cc2)CC1. The lowest BCUT2D eigenvalue weighted by atomic mass is 9.81. The number of hydrogen-bond donors (Lipinski definition) is 0. The average Bonchev–Trinajstić information content (AvgIpc) is 2.90. The molecule has 2 aliphatic heterocycles. The van der Waals surface area contributed by atoms with Crippen LogP contribution in [-0.2, 0) is 16.1 Å². The number of benzene rings is 1. The Morgan fingerprint density at radius 3 is 1.96 bits per heavy atom. The van der Waals surface area contributed by atoms with Crippen LogP contribution < -0.4 is 0 Å². The molecule has 0 N–H and O–H groups in total. The van der Waals surface area contributed by atoms with Gasteiger partial charge in [0.1, 0.15) is 0 Å². The molecule has 1 aromatic rings. The molecule has 6 heteroatoms. The van der Waals surface area contributed by atoms with E-state index < -0.39 is 0 Å². The Bertz CT molecular complexity index is 646. The summed E-state index contributed by atoms with van der Waals surface area (Å²) in [6.07, 6.45) is 3.94. The summed E-state index contributed by atoms with van der Waals surface area (Å²) in [5, 5.41) is 0.763. The molecule has 0 spiro atoms. The zero-order valence-corrected chi connectivity index (χ0v) is 15.8. The number of likely N-dealkylation sites (tertiary alicyclic amines) is 1. The Balaban J connectivity index is 1.29. The molecule has 4 rings (SSSR count). The minimum Gasteiger partial charge on any atom is -0.297 e. The van der Waals surface area contributed by atoms with Gasteiger partial charge in [0.2, 0.25) is 11.8 Å². The first-order valence-electron chi connectivity index (χ1n) is 9.66. The van der Waals surface area contributed by atoms with E-state index in [1.807, 2.05) is 12.1 Å². The van der Waals surface area contributed by atoms with Gasteiger partial charge in [-0.15, -0.1) is 0 Å². The normalized spacial score (nSPS) is 27.8. The molecule has 0 bridgehead atoms. The number of amides is 2. The maximum absolute atomic E-state index is 12.6. The smallest absolute Gasteiger partial charge is 0.234 e. The fraction of sp³-hybridized carbons (Fsp3) is 0.600. The second-order valence-electron chi connectivity index (χ2n) is 7.76.